The van der Waals surface area contributed by atoms with Crippen LogP contribution in [-0.2, 0) is 9.47 Å². The van der Waals surface area contributed by atoms with E-state index in [-0.39, 0.29) is 85.5 Å². The van der Waals surface area contributed by atoms with Crippen molar-refractivity contribution in [3.63, 3.8) is 0 Å². The van der Waals surface area contributed by atoms with Gasteiger partial charge in [0.2, 0.25) is 0 Å². The summed E-state index contributed by atoms with van der Waals surface area (Å²) in [6, 6.07) is 0. The number of rotatable bonds is 11. The predicted octanol–water partition coefficient (Wildman–Crippen LogP) is 13.4. The van der Waals surface area contributed by atoms with Gasteiger partial charge in [0.05, 0.1) is 42.7 Å². The largest absolute Gasteiger partial charge is 0.394 e. The third kappa shape index (κ3) is 9.83. The van der Waals surface area contributed by atoms with Crippen molar-refractivity contribution >= 4 is 0 Å². The highest BCUT2D eigenvalue weighted by atomic mass is 16.7. The Balaban J connectivity index is 0.000000212. The highest BCUT2D eigenvalue weighted by Crippen LogP contribution is 2.78. The van der Waals surface area contributed by atoms with Crippen molar-refractivity contribution in [3.05, 3.63) is 23.3 Å². The van der Waals surface area contributed by atoms with Crippen LogP contribution in [0.1, 0.15) is 240 Å². The highest BCUT2D eigenvalue weighted by molar-refractivity contribution is 5.22. The first kappa shape index (κ1) is 62.2. The quantitative estimate of drug-likeness (QED) is 0.1000. The van der Waals surface area contributed by atoms with E-state index in [1.165, 1.54) is 43.3 Å². The lowest BCUT2D eigenvalue weighted by Gasteiger charge is -2.70. The monoisotopic (exact) mass is 1080 g/mol. The summed E-state index contributed by atoms with van der Waals surface area (Å²) in [6.45, 7) is 41.5. The minimum Gasteiger partial charge on any atom is -0.394 e. The van der Waals surface area contributed by atoms with E-state index in [9.17, 15) is 35.7 Å². The second-order valence-corrected chi connectivity index (χ2v) is 32.8. The number of hydrogen-bond donors (Lipinski definition) is 7. The number of aliphatic hydroxyl groups excluding tert-OH is 7. The Hall–Kier alpha value is -0.880. The average molecular weight is 1080 g/mol. The molecule has 9 heteroatoms. The molecular weight excluding hydrogens is 961 g/mol. The second kappa shape index (κ2) is 21.3. The molecule has 1 heterocycles. The fraction of sp³-hybridized carbons (Fsp3) is 0.941. The van der Waals surface area contributed by atoms with Gasteiger partial charge in [0, 0.05) is 5.92 Å². The summed E-state index contributed by atoms with van der Waals surface area (Å²) >= 11 is 0. The zero-order chi connectivity index (χ0) is 57.2. The van der Waals surface area contributed by atoms with Crippen molar-refractivity contribution < 1.29 is 45.2 Å². The van der Waals surface area contributed by atoms with Gasteiger partial charge in [-0.3, -0.25) is 0 Å². The molecule has 0 aromatic carbocycles. The molecule has 444 valence electrons. The van der Waals surface area contributed by atoms with E-state index in [1.54, 1.807) is 6.92 Å². The fourth-order valence-electron chi connectivity index (χ4n) is 22.6. The molecule has 9 rings (SSSR count). The first-order valence-electron chi connectivity index (χ1n) is 31.8. The number of fused-ring (bicyclic) bond motifs is 10. The van der Waals surface area contributed by atoms with Crippen LogP contribution in [0.2, 0.25) is 0 Å². The molecule has 0 spiro atoms. The molecule has 77 heavy (non-hydrogen) atoms. The Morgan fingerprint density at radius 3 is 1.39 bits per heavy atom. The van der Waals surface area contributed by atoms with Gasteiger partial charge in [0.1, 0.15) is 12.2 Å². The maximum Gasteiger partial charge on any atom is 0.184 e. The molecule has 8 aliphatic carbocycles. The SMILES string of the molecule is CC(C)=CCCC(C)(C)C1CC[C@]2(C)[C@@H]1C(O)CC1[C@@]3(C)CC[C@H](O)C(C)(C)C3CC[C@]12C.CC(C)=CCC[C@](C)(O[C@H]1O[C@H](CO)[C@@H](O)[C@H](C)[C@H]1O)C1CC[C@]2(C)[C@@H]1C(O)CC1[C@@]3(C)CC[C@H](O)C(C)(C)C3CC[C@]12C. The summed E-state index contributed by atoms with van der Waals surface area (Å²) in [5, 5.41) is 77.8. The van der Waals surface area contributed by atoms with E-state index in [1.807, 2.05) is 0 Å². The van der Waals surface area contributed by atoms with Crippen LogP contribution in [0.4, 0.5) is 0 Å². The van der Waals surface area contributed by atoms with Crippen molar-refractivity contribution in [2.75, 3.05) is 6.61 Å². The van der Waals surface area contributed by atoms with Crippen molar-refractivity contribution in [2.24, 2.45) is 102 Å². The first-order valence-corrected chi connectivity index (χ1v) is 31.8. The van der Waals surface area contributed by atoms with Crippen molar-refractivity contribution in [1.29, 1.82) is 0 Å². The lowest BCUT2D eigenvalue weighted by atomic mass is 9.35. The topological polar surface area (TPSA) is 160 Å². The van der Waals surface area contributed by atoms with Crippen LogP contribution in [0.3, 0.4) is 0 Å². The Morgan fingerprint density at radius 2 is 0.948 bits per heavy atom. The van der Waals surface area contributed by atoms with E-state index >= 15 is 0 Å². The van der Waals surface area contributed by atoms with Crippen molar-refractivity contribution in [3.8, 4) is 0 Å². The molecule has 0 bridgehead atoms. The van der Waals surface area contributed by atoms with Crippen LogP contribution >= 0.6 is 0 Å². The molecule has 0 radical (unpaired) electrons. The summed E-state index contributed by atoms with van der Waals surface area (Å²) < 4.78 is 12.9. The van der Waals surface area contributed by atoms with Gasteiger partial charge in [0.15, 0.2) is 6.29 Å². The Kier molecular flexibility index (Phi) is 17.2. The van der Waals surface area contributed by atoms with Gasteiger partial charge in [-0.2, -0.15) is 0 Å². The van der Waals surface area contributed by atoms with E-state index in [0.29, 0.717) is 35.5 Å². The van der Waals surface area contributed by atoms with Gasteiger partial charge >= 0.3 is 0 Å². The third-order valence-electron chi connectivity index (χ3n) is 27.7. The Labute approximate surface area is 470 Å². The van der Waals surface area contributed by atoms with Gasteiger partial charge in [-0.25, -0.2) is 0 Å². The van der Waals surface area contributed by atoms with Crippen LogP contribution in [0, 0.1) is 102 Å². The van der Waals surface area contributed by atoms with Crippen molar-refractivity contribution in [2.45, 2.75) is 295 Å². The lowest BCUT2D eigenvalue weighted by Crippen LogP contribution is -2.66. The van der Waals surface area contributed by atoms with Crippen LogP contribution in [0.15, 0.2) is 23.3 Å². The Morgan fingerprint density at radius 1 is 0.532 bits per heavy atom. The van der Waals surface area contributed by atoms with Crippen LogP contribution in [0.5, 0.6) is 0 Å². The minimum absolute atomic E-state index is 0.0256. The molecule has 1 aliphatic heterocycles. The van der Waals surface area contributed by atoms with Gasteiger partial charge in [-0.05, 0) is 246 Å². The van der Waals surface area contributed by atoms with E-state index in [0.717, 1.165) is 83.5 Å². The normalized spacial score (nSPS) is 50.4. The Bertz CT molecular complexity index is 2140. The standard InChI is InChI=1S/C37H64O7.C31H54O2/c1-21(2)11-10-15-37(9,44-32-31(42)22(3)30(41)25(20-38)43-32)23-12-17-36(8)29(23)24(39)19-27-34(6)16-14-28(40)33(4,5)26(34)13-18-35(27,36)7;1-20(2)11-10-15-27(3,4)21-12-17-31(9)26(21)22(32)19-24-29(7)16-14-25(33)28(5,6)23(29)13-18-30(24,31)8/h11,22-32,38-42H,10,12-20H2,1-9H3;11,21-26,32-33H,10,12-19H2,1-9H3/t22-,23?,24?,25+,26?,27?,28-,29-,30-,31+,32+,34-,35+,36+,37-;21?,22?,23?,24?,25-,26-,29-,30+,31+/m00/s1. The van der Waals surface area contributed by atoms with E-state index < -0.39 is 42.2 Å². The fourth-order valence-corrected chi connectivity index (χ4v) is 22.6. The zero-order valence-corrected chi connectivity index (χ0v) is 52.4. The maximum atomic E-state index is 12.3. The van der Waals surface area contributed by atoms with Crippen LogP contribution in [-0.4, -0.2) is 97.0 Å². The second-order valence-electron chi connectivity index (χ2n) is 32.8. The van der Waals surface area contributed by atoms with Gasteiger partial charge in [-0.1, -0.05) is 113 Å². The summed E-state index contributed by atoms with van der Waals surface area (Å²) in [6.07, 6.45) is 18.5. The third-order valence-corrected chi connectivity index (χ3v) is 27.7. The summed E-state index contributed by atoms with van der Waals surface area (Å²) in [5.41, 5.74) is 2.83. The molecule has 8 saturated carbocycles. The summed E-state index contributed by atoms with van der Waals surface area (Å²) in [5.74, 6) is 2.54. The van der Waals surface area contributed by atoms with Crippen molar-refractivity contribution in [1.82, 2.24) is 0 Å². The average Bonchev–Trinajstić information content (AvgIpc) is 4.12. The molecule has 0 amide bonds. The number of aliphatic hydroxyl groups is 7. The summed E-state index contributed by atoms with van der Waals surface area (Å²) in [7, 11) is 0. The molecule has 24 atom stereocenters. The molecule has 9 nitrogen and oxygen atoms in total. The molecule has 7 N–H and O–H groups in total. The zero-order valence-electron chi connectivity index (χ0n) is 52.4. The van der Waals surface area contributed by atoms with Gasteiger partial charge < -0.3 is 45.2 Å². The smallest absolute Gasteiger partial charge is 0.184 e. The molecule has 9 aliphatic rings. The van der Waals surface area contributed by atoms with E-state index in [4.69, 9.17) is 9.47 Å². The number of ether oxygens (including phenoxy) is 2. The lowest BCUT2D eigenvalue weighted by molar-refractivity contribution is -0.327. The highest BCUT2D eigenvalue weighted by Gasteiger charge is 2.73. The molecule has 9 fully saturated rings. The molecule has 0 aromatic heterocycles. The van der Waals surface area contributed by atoms with Crippen LogP contribution in [0.25, 0.3) is 0 Å². The number of hydrogen-bond acceptors (Lipinski definition) is 9. The molecular formula is C68H118O9. The number of allylic oxidation sites excluding steroid dienone is 4. The predicted molar refractivity (Wildman–Crippen MR) is 310 cm³/mol. The van der Waals surface area contributed by atoms with Gasteiger partial charge in [-0.15, -0.1) is 0 Å². The minimum atomic E-state index is -1.03. The van der Waals surface area contributed by atoms with E-state index in [2.05, 4.69) is 130 Å². The molecule has 0 aromatic rings. The molecule has 1 saturated heterocycles. The van der Waals surface area contributed by atoms with Crippen LogP contribution < -0.4 is 0 Å². The van der Waals surface area contributed by atoms with Gasteiger partial charge in [0.25, 0.3) is 0 Å². The maximum absolute atomic E-state index is 12.3. The summed E-state index contributed by atoms with van der Waals surface area (Å²) in [4.78, 5) is 0. The first-order chi connectivity index (χ1) is 35.5. The molecule has 8 unspecified atom stereocenters.